The van der Waals surface area contributed by atoms with Gasteiger partial charge < -0.3 is 0 Å². The maximum Gasteiger partial charge on any atom is 0.152 e. The molecule has 0 radical (unpaired) electrons. The molecule has 0 fully saturated rings. The molecule has 0 N–H and O–H groups in total. The first-order valence-electron chi connectivity index (χ1n) is 8.22. The van der Waals surface area contributed by atoms with Crippen LogP contribution < -0.4 is 0 Å². The van der Waals surface area contributed by atoms with E-state index in [1.165, 1.54) is 57.8 Å². The minimum absolute atomic E-state index is 0.390. The molecule has 21 heavy (non-hydrogen) atoms. The zero-order valence-corrected chi connectivity index (χ0v) is 14.3. The van der Waals surface area contributed by atoms with Crippen LogP contribution in [0.25, 0.3) is 0 Å². The van der Waals surface area contributed by atoms with Gasteiger partial charge in [0.25, 0.3) is 0 Å². The first kappa shape index (κ1) is 19.9. The highest BCUT2D eigenvalue weighted by Crippen LogP contribution is 2.26. The molecule has 3 nitrogen and oxygen atoms in total. The summed E-state index contributed by atoms with van der Waals surface area (Å²) >= 11 is 0. The van der Waals surface area contributed by atoms with Crippen LogP contribution in [0.1, 0.15) is 71.1 Å². The molecule has 116 valence electrons. The second kappa shape index (κ2) is 15.3. The predicted molar refractivity (Wildman–Crippen MR) is 89.1 cm³/mol. The highest BCUT2D eigenvalue weighted by Gasteiger charge is 2.19. The van der Waals surface area contributed by atoms with Crippen LogP contribution in [0.3, 0.4) is 0 Å². The van der Waals surface area contributed by atoms with Crippen molar-refractivity contribution in [3.05, 3.63) is 0 Å². The SMILES string of the molecule is CCCCCCCCCCCCPC(C#N)C(C#N)C#N. The van der Waals surface area contributed by atoms with Crippen LogP contribution in [0.4, 0.5) is 0 Å². The van der Waals surface area contributed by atoms with E-state index >= 15 is 0 Å². The van der Waals surface area contributed by atoms with Crippen molar-refractivity contribution in [2.24, 2.45) is 5.92 Å². The summed E-state index contributed by atoms with van der Waals surface area (Å²) < 4.78 is 0. The van der Waals surface area contributed by atoms with Crippen LogP contribution in [0.5, 0.6) is 0 Å². The van der Waals surface area contributed by atoms with Crippen LogP contribution in [-0.4, -0.2) is 11.8 Å². The summed E-state index contributed by atoms with van der Waals surface area (Å²) in [5.74, 6) is -0.753. The van der Waals surface area contributed by atoms with E-state index in [9.17, 15) is 0 Å². The van der Waals surface area contributed by atoms with E-state index in [2.05, 4.69) is 13.0 Å². The average Bonchev–Trinajstić information content (AvgIpc) is 2.51. The van der Waals surface area contributed by atoms with Gasteiger partial charge in [0.1, 0.15) is 0 Å². The lowest BCUT2D eigenvalue weighted by molar-refractivity contribution is 0.563. The van der Waals surface area contributed by atoms with E-state index in [1.807, 2.05) is 12.1 Å². The third-order valence-corrected chi connectivity index (χ3v) is 5.19. The maximum atomic E-state index is 8.97. The normalized spacial score (nSPS) is 12.1. The van der Waals surface area contributed by atoms with Crippen molar-refractivity contribution in [2.75, 3.05) is 6.16 Å². The van der Waals surface area contributed by atoms with Gasteiger partial charge in [0.05, 0.1) is 23.9 Å². The lowest BCUT2D eigenvalue weighted by Gasteiger charge is -2.08. The molecule has 0 spiro atoms. The summed E-state index contributed by atoms with van der Waals surface area (Å²) in [5.41, 5.74) is -0.390. The third-order valence-electron chi connectivity index (χ3n) is 3.65. The van der Waals surface area contributed by atoms with Gasteiger partial charge in [-0.3, -0.25) is 0 Å². The molecule has 0 aromatic carbocycles. The van der Waals surface area contributed by atoms with Crippen molar-refractivity contribution < 1.29 is 0 Å². The van der Waals surface area contributed by atoms with E-state index in [0.29, 0.717) is 8.58 Å². The molecule has 0 bridgehead atoms. The van der Waals surface area contributed by atoms with Crippen LogP contribution in [0, 0.1) is 39.9 Å². The van der Waals surface area contributed by atoms with Crippen LogP contribution in [-0.2, 0) is 0 Å². The Bertz CT molecular complexity index is 348. The summed E-state index contributed by atoms with van der Waals surface area (Å²) in [6.45, 7) is 2.24. The molecular weight excluding hydrogens is 277 g/mol. The average molecular weight is 305 g/mol. The summed E-state index contributed by atoms with van der Waals surface area (Å²) in [4.78, 5) is 0. The fourth-order valence-corrected chi connectivity index (χ4v) is 3.53. The van der Waals surface area contributed by atoms with Crippen molar-refractivity contribution in [3.8, 4) is 18.2 Å². The fraction of sp³-hybridized carbons (Fsp3) is 0.824. The van der Waals surface area contributed by atoms with Crippen molar-refractivity contribution >= 4 is 8.58 Å². The summed E-state index contributed by atoms with van der Waals surface area (Å²) in [7, 11) is 0.423. The Hall–Kier alpha value is -1.10. The molecule has 4 heteroatoms. The molecule has 0 saturated carbocycles. The monoisotopic (exact) mass is 305 g/mol. The van der Waals surface area contributed by atoms with Gasteiger partial charge in [-0.2, -0.15) is 15.8 Å². The zero-order valence-electron chi connectivity index (χ0n) is 13.3. The minimum atomic E-state index is -0.753. The molecule has 0 saturated heterocycles. The smallest absolute Gasteiger partial charge is 0.152 e. The molecule has 0 amide bonds. The van der Waals surface area contributed by atoms with E-state index < -0.39 is 11.6 Å². The molecule has 0 aliphatic carbocycles. The number of nitrogens with zero attached hydrogens (tertiary/aromatic N) is 3. The van der Waals surface area contributed by atoms with E-state index in [1.54, 1.807) is 0 Å². The molecule has 0 aromatic heterocycles. The number of nitriles is 3. The van der Waals surface area contributed by atoms with Gasteiger partial charge in [-0.15, -0.1) is 8.58 Å². The Morgan fingerprint density at radius 3 is 1.62 bits per heavy atom. The van der Waals surface area contributed by atoms with Crippen molar-refractivity contribution in [3.63, 3.8) is 0 Å². The Morgan fingerprint density at radius 2 is 1.19 bits per heavy atom. The fourth-order valence-electron chi connectivity index (χ4n) is 2.29. The number of hydrogen-bond donors (Lipinski definition) is 0. The Kier molecular flexibility index (Phi) is 14.5. The quantitative estimate of drug-likeness (QED) is 0.349. The summed E-state index contributed by atoms with van der Waals surface area (Å²) in [6.07, 6.45) is 14.0. The van der Waals surface area contributed by atoms with Gasteiger partial charge in [0, 0.05) is 0 Å². The van der Waals surface area contributed by atoms with Gasteiger partial charge in [0.2, 0.25) is 0 Å². The van der Waals surface area contributed by atoms with Gasteiger partial charge >= 0.3 is 0 Å². The second-order valence-corrected chi connectivity index (χ2v) is 7.01. The summed E-state index contributed by atoms with van der Waals surface area (Å²) in [6, 6.07) is 5.94. The largest absolute Gasteiger partial charge is 0.198 e. The van der Waals surface area contributed by atoms with Gasteiger partial charge in [-0.1, -0.05) is 64.7 Å². The third kappa shape index (κ3) is 11.3. The van der Waals surface area contributed by atoms with Crippen molar-refractivity contribution in [2.45, 2.75) is 76.8 Å². The lowest BCUT2D eigenvalue weighted by atomic mass is 10.1. The number of rotatable bonds is 13. The molecule has 2 atom stereocenters. The van der Waals surface area contributed by atoms with Crippen molar-refractivity contribution in [1.82, 2.24) is 0 Å². The van der Waals surface area contributed by atoms with Gasteiger partial charge in [0.15, 0.2) is 5.92 Å². The van der Waals surface area contributed by atoms with E-state index in [-0.39, 0.29) is 0 Å². The lowest BCUT2D eigenvalue weighted by Crippen LogP contribution is -2.10. The maximum absolute atomic E-state index is 8.97. The zero-order chi connectivity index (χ0) is 15.8. The topological polar surface area (TPSA) is 71.4 Å². The van der Waals surface area contributed by atoms with Crippen LogP contribution >= 0.6 is 8.58 Å². The van der Waals surface area contributed by atoms with Gasteiger partial charge in [-0.25, -0.2) is 0 Å². The van der Waals surface area contributed by atoms with Crippen LogP contribution in [0.15, 0.2) is 0 Å². The predicted octanol–water partition coefficient (Wildman–Crippen LogP) is 5.14. The Balaban J connectivity index is 3.42. The second-order valence-electron chi connectivity index (χ2n) is 5.48. The molecule has 0 rings (SSSR count). The summed E-state index contributed by atoms with van der Waals surface area (Å²) in [5, 5.41) is 26.5. The molecule has 2 unspecified atom stereocenters. The molecule has 0 aromatic rings. The molecule has 0 heterocycles. The Morgan fingerprint density at radius 1 is 0.714 bits per heavy atom. The van der Waals surface area contributed by atoms with Gasteiger partial charge in [-0.05, 0) is 12.6 Å². The first-order valence-corrected chi connectivity index (χ1v) is 9.50. The van der Waals surface area contributed by atoms with Crippen LogP contribution in [0.2, 0.25) is 0 Å². The number of unbranched alkanes of at least 4 members (excludes halogenated alkanes) is 9. The minimum Gasteiger partial charge on any atom is -0.198 e. The highest BCUT2D eigenvalue weighted by atomic mass is 31.1. The standard InChI is InChI=1S/C17H28N3P/c1-2-3-4-5-6-7-8-9-10-11-12-21-17(15-20)16(13-18)14-19/h16-17,21H,2-12H2,1H3. The van der Waals surface area contributed by atoms with E-state index in [4.69, 9.17) is 15.8 Å². The molecular formula is C17H28N3P. The Labute approximate surface area is 132 Å². The van der Waals surface area contributed by atoms with Crippen molar-refractivity contribution in [1.29, 1.82) is 15.8 Å². The van der Waals surface area contributed by atoms with E-state index in [0.717, 1.165) is 12.6 Å². The highest BCUT2D eigenvalue weighted by molar-refractivity contribution is 7.39. The number of hydrogen-bond acceptors (Lipinski definition) is 3. The molecule has 0 aliphatic rings. The first-order chi connectivity index (χ1) is 10.3. The molecule has 0 aliphatic heterocycles.